The highest BCUT2D eigenvalue weighted by atomic mass is 16.2. The molecule has 2 N–H and O–H groups in total. The van der Waals surface area contributed by atoms with Crippen molar-refractivity contribution >= 4 is 17.5 Å². The number of fused-ring (bicyclic) bond motifs is 1. The van der Waals surface area contributed by atoms with Crippen molar-refractivity contribution in [2.75, 3.05) is 18.0 Å². The molecule has 3 aliphatic rings. The van der Waals surface area contributed by atoms with Gasteiger partial charge in [0, 0.05) is 31.1 Å². The zero-order chi connectivity index (χ0) is 17.5. The lowest BCUT2D eigenvalue weighted by atomic mass is 10.2. The molecule has 1 aliphatic heterocycles. The number of hydrogen-bond acceptors (Lipinski definition) is 5. The van der Waals surface area contributed by atoms with Crippen molar-refractivity contribution in [2.45, 2.75) is 62.9 Å². The van der Waals surface area contributed by atoms with Crippen molar-refractivity contribution in [3.63, 3.8) is 0 Å². The fraction of sp³-hybridized carbons (Fsp3) is 0.667. The Bertz CT molecular complexity index is 809. The first-order valence-corrected chi connectivity index (χ1v) is 9.80. The molecule has 1 atom stereocenters. The van der Waals surface area contributed by atoms with E-state index in [2.05, 4.69) is 25.7 Å². The lowest BCUT2D eigenvalue weighted by Crippen LogP contribution is -2.46. The van der Waals surface area contributed by atoms with Gasteiger partial charge in [-0.1, -0.05) is 12.8 Å². The Balaban J connectivity index is 1.23. The Hall–Kier alpha value is -2.38. The molecule has 2 saturated carbocycles. The Morgan fingerprint density at radius 3 is 2.62 bits per heavy atom. The summed E-state index contributed by atoms with van der Waals surface area (Å²) in [7, 11) is 0. The standard InChI is InChI=1S/C18H25N7O/c26-18(19-13-3-1-2-4-13)20-14-9-10-24(11-14)16-8-7-15-21-22-17(12-5-6-12)25(15)23-16/h7-8,12-14H,1-6,9-11H2,(H2,19,20,26). The molecule has 2 aromatic heterocycles. The quantitative estimate of drug-likeness (QED) is 0.873. The fourth-order valence-electron chi connectivity index (χ4n) is 4.13. The van der Waals surface area contributed by atoms with E-state index in [-0.39, 0.29) is 12.1 Å². The third-order valence-corrected chi connectivity index (χ3v) is 5.75. The Kier molecular flexibility index (Phi) is 3.90. The van der Waals surface area contributed by atoms with Crippen LogP contribution < -0.4 is 15.5 Å². The number of aromatic nitrogens is 4. The zero-order valence-electron chi connectivity index (χ0n) is 14.9. The number of rotatable bonds is 4. The average molecular weight is 355 g/mol. The van der Waals surface area contributed by atoms with Gasteiger partial charge in [-0.3, -0.25) is 0 Å². The van der Waals surface area contributed by atoms with E-state index >= 15 is 0 Å². The zero-order valence-corrected chi connectivity index (χ0v) is 14.9. The molecular formula is C18H25N7O. The van der Waals surface area contributed by atoms with Crippen LogP contribution in [0.15, 0.2) is 12.1 Å². The summed E-state index contributed by atoms with van der Waals surface area (Å²) in [5.74, 6) is 2.42. The summed E-state index contributed by atoms with van der Waals surface area (Å²) in [5, 5.41) is 19.5. The highest BCUT2D eigenvalue weighted by Gasteiger charge is 2.30. The molecule has 3 heterocycles. The van der Waals surface area contributed by atoms with E-state index < -0.39 is 0 Å². The normalized spacial score (nSPS) is 23.7. The van der Waals surface area contributed by atoms with Gasteiger partial charge >= 0.3 is 6.03 Å². The highest BCUT2D eigenvalue weighted by Crippen LogP contribution is 2.38. The largest absolute Gasteiger partial charge is 0.353 e. The molecule has 1 unspecified atom stereocenters. The molecule has 138 valence electrons. The lowest BCUT2D eigenvalue weighted by Gasteiger charge is -2.19. The predicted octanol–water partition coefficient (Wildman–Crippen LogP) is 1.82. The number of hydrogen-bond donors (Lipinski definition) is 2. The monoisotopic (exact) mass is 355 g/mol. The van der Waals surface area contributed by atoms with Gasteiger partial charge in [0.05, 0.1) is 0 Å². The van der Waals surface area contributed by atoms with E-state index in [0.29, 0.717) is 12.0 Å². The Morgan fingerprint density at radius 2 is 1.81 bits per heavy atom. The Labute approximate surface area is 152 Å². The number of urea groups is 1. The van der Waals surface area contributed by atoms with Gasteiger partial charge in [0.15, 0.2) is 11.5 Å². The van der Waals surface area contributed by atoms with Crippen LogP contribution in [0.4, 0.5) is 10.6 Å². The van der Waals surface area contributed by atoms with E-state index in [9.17, 15) is 4.79 Å². The summed E-state index contributed by atoms with van der Waals surface area (Å²) in [5.41, 5.74) is 0.806. The predicted molar refractivity (Wildman–Crippen MR) is 97.3 cm³/mol. The molecule has 0 radical (unpaired) electrons. The van der Waals surface area contributed by atoms with Crippen molar-refractivity contribution in [3.8, 4) is 0 Å². The van der Waals surface area contributed by atoms with Crippen molar-refractivity contribution in [1.29, 1.82) is 0 Å². The third-order valence-electron chi connectivity index (χ3n) is 5.75. The van der Waals surface area contributed by atoms with Gasteiger partial charge in [-0.05, 0) is 44.2 Å². The molecule has 2 amide bonds. The van der Waals surface area contributed by atoms with Crippen molar-refractivity contribution in [1.82, 2.24) is 30.4 Å². The van der Waals surface area contributed by atoms with Crippen LogP contribution in [0.1, 0.15) is 56.7 Å². The second-order valence-electron chi connectivity index (χ2n) is 7.82. The van der Waals surface area contributed by atoms with Gasteiger partial charge in [-0.2, -0.15) is 4.52 Å². The molecule has 0 aromatic carbocycles. The Morgan fingerprint density at radius 1 is 1.00 bits per heavy atom. The van der Waals surface area contributed by atoms with Gasteiger partial charge in [0.2, 0.25) is 0 Å². The van der Waals surface area contributed by atoms with Gasteiger partial charge in [-0.25, -0.2) is 4.79 Å². The summed E-state index contributed by atoms with van der Waals surface area (Å²) < 4.78 is 1.89. The van der Waals surface area contributed by atoms with Crippen LogP contribution in [-0.2, 0) is 0 Å². The fourth-order valence-corrected chi connectivity index (χ4v) is 4.13. The molecule has 26 heavy (non-hydrogen) atoms. The number of nitrogens with one attached hydrogen (secondary N) is 2. The lowest BCUT2D eigenvalue weighted by molar-refractivity contribution is 0.234. The molecular weight excluding hydrogens is 330 g/mol. The number of carbonyl (C=O) groups excluding carboxylic acids is 1. The molecule has 8 heteroatoms. The number of nitrogens with zero attached hydrogens (tertiary/aromatic N) is 5. The van der Waals surface area contributed by atoms with Gasteiger partial charge in [-0.15, -0.1) is 15.3 Å². The van der Waals surface area contributed by atoms with E-state index in [1.54, 1.807) is 0 Å². The minimum absolute atomic E-state index is 0.0259. The van der Waals surface area contributed by atoms with Gasteiger partial charge in [0.1, 0.15) is 5.82 Å². The smallest absolute Gasteiger partial charge is 0.315 e. The van der Waals surface area contributed by atoms with Crippen LogP contribution in [0, 0.1) is 0 Å². The summed E-state index contributed by atoms with van der Waals surface area (Å²) in [6.45, 7) is 1.69. The van der Waals surface area contributed by atoms with Crippen molar-refractivity contribution < 1.29 is 4.79 Å². The molecule has 0 spiro atoms. The maximum Gasteiger partial charge on any atom is 0.315 e. The van der Waals surface area contributed by atoms with Crippen molar-refractivity contribution in [3.05, 3.63) is 18.0 Å². The van der Waals surface area contributed by atoms with Crippen LogP contribution in [0.5, 0.6) is 0 Å². The van der Waals surface area contributed by atoms with Crippen LogP contribution in [0.2, 0.25) is 0 Å². The molecule has 3 fully saturated rings. The maximum absolute atomic E-state index is 12.2. The summed E-state index contributed by atoms with van der Waals surface area (Å²) >= 11 is 0. The molecule has 5 rings (SSSR count). The maximum atomic E-state index is 12.2. The summed E-state index contributed by atoms with van der Waals surface area (Å²) in [6, 6.07) is 4.47. The van der Waals surface area contributed by atoms with E-state index in [1.165, 1.54) is 25.7 Å². The minimum atomic E-state index is -0.0259. The molecule has 8 nitrogen and oxygen atoms in total. The molecule has 1 saturated heterocycles. The van der Waals surface area contributed by atoms with Crippen LogP contribution in [-0.4, -0.2) is 51.0 Å². The van der Waals surface area contributed by atoms with E-state index in [4.69, 9.17) is 5.10 Å². The van der Waals surface area contributed by atoms with Gasteiger partial charge in [0.25, 0.3) is 0 Å². The second-order valence-corrected chi connectivity index (χ2v) is 7.82. The molecule has 2 aromatic rings. The summed E-state index contributed by atoms with van der Waals surface area (Å²) in [6.07, 6.45) is 7.96. The van der Waals surface area contributed by atoms with Crippen LogP contribution in [0.3, 0.4) is 0 Å². The summed E-state index contributed by atoms with van der Waals surface area (Å²) in [4.78, 5) is 14.4. The first-order valence-electron chi connectivity index (χ1n) is 9.80. The van der Waals surface area contributed by atoms with Gasteiger partial charge < -0.3 is 15.5 Å². The number of amides is 2. The third kappa shape index (κ3) is 3.08. The van der Waals surface area contributed by atoms with Crippen LogP contribution >= 0.6 is 0 Å². The first kappa shape index (κ1) is 15.8. The molecule has 2 aliphatic carbocycles. The number of carbonyl (C=O) groups is 1. The second kappa shape index (κ2) is 6.41. The SMILES string of the molecule is O=C(NC1CCCC1)NC1CCN(c2ccc3nnc(C4CC4)n3n2)C1. The molecule has 0 bridgehead atoms. The first-order chi connectivity index (χ1) is 12.8. The topological polar surface area (TPSA) is 87.5 Å². The number of anilines is 1. The average Bonchev–Trinajstić information content (AvgIpc) is 3.02. The van der Waals surface area contributed by atoms with E-state index in [0.717, 1.165) is 49.6 Å². The highest BCUT2D eigenvalue weighted by molar-refractivity contribution is 5.74. The van der Waals surface area contributed by atoms with Crippen LogP contribution in [0.25, 0.3) is 5.65 Å². The van der Waals surface area contributed by atoms with E-state index in [1.807, 2.05) is 16.6 Å². The van der Waals surface area contributed by atoms with Crippen molar-refractivity contribution in [2.24, 2.45) is 0 Å². The minimum Gasteiger partial charge on any atom is -0.353 e.